The number of rotatable bonds is 2. The Morgan fingerprint density at radius 1 is 0.933 bits per heavy atom. The molecule has 30 heavy (non-hydrogen) atoms. The van der Waals surface area contributed by atoms with E-state index >= 15 is 0 Å². The van der Waals surface area contributed by atoms with Gasteiger partial charge in [-0.3, -0.25) is 34.6 Å². The number of piperazine rings is 2. The number of fused-ring (bicyclic) bond motifs is 1. The number of carbonyl (C=O) groups is 6. The Bertz CT molecular complexity index is 999. The summed E-state index contributed by atoms with van der Waals surface area (Å²) < 4.78 is 0. The van der Waals surface area contributed by atoms with Crippen molar-refractivity contribution in [2.75, 3.05) is 32.7 Å². The number of imide groups is 2. The minimum Gasteiger partial charge on any atom is -0.465 e. The number of nitrogens with one attached hydrogen (secondary N) is 2. The molecule has 2 saturated heterocycles. The van der Waals surface area contributed by atoms with Crippen molar-refractivity contribution >= 4 is 35.6 Å². The maximum Gasteiger partial charge on any atom is 0.407 e. The molecule has 156 valence electrons. The maximum absolute atomic E-state index is 12.8. The van der Waals surface area contributed by atoms with Crippen molar-refractivity contribution in [3.8, 4) is 0 Å². The highest BCUT2D eigenvalue weighted by Gasteiger charge is 2.45. The van der Waals surface area contributed by atoms with Crippen LogP contribution in [-0.4, -0.2) is 94.3 Å². The third-order valence-electron chi connectivity index (χ3n) is 5.23. The van der Waals surface area contributed by atoms with Crippen LogP contribution in [0.2, 0.25) is 0 Å². The lowest BCUT2D eigenvalue weighted by atomic mass is 10.0. The predicted octanol–water partition coefficient (Wildman–Crippen LogP) is -1.71. The number of nitrogens with zero attached hydrogens (tertiary/aromatic N) is 3. The Hall–Kier alpha value is -3.80. The molecule has 3 aliphatic rings. The van der Waals surface area contributed by atoms with Gasteiger partial charge in [0, 0.05) is 31.7 Å². The molecule has 0 saturated carbocycles. The third kappa shape index (κ3) is 3.16. The topological polar surface area (TPSA) is 156 Å². The van der Waals surface area contributed by atoms with Crippen molar-refractivity contribution in [1.29, 1.82) is 0 Å². The number of amides is 6. The lowest BCUT2D eigenvalue weighted by Crippen LogP contribution is -2.64. The van der Waals surface area contributed by atoms with Crippen molar-refractivity contribution in [2.45, 2.75) is 6.17 Å². The molecule has 0 bridgehead atoms. The minimum atomic E-state index is -1.32. The van der Waals surface area contributed by atoms with Crippen LogP contribution in [0.5, 0.6) is 0 Å². The summed E-state index contributed by atoms with van der Waals surface area (Å²) in [6.45, 7) is 0.551. The van der Waals surface area contributed by atoms with Gasteiger partial charge in [0.15, 0.2) is 6.17 Å². The van der Waals surface area contributed by atoms with Gasteiger partial charge in [-0.25, -0.2) is 9.69 Å². The first-order valence-electron chi connectivity index (χ1n) is 9.14. The Labute approximate surface area is 169 Å². The van der Waals surface area contributed by atoms with Crippen LogP contribution in [0.1, 0.15) is 31.1 Å². The second-order valence-electron chi connectivity index (χ2n) is 7.00. The fourth-order valence-electron chi connectivity index (χ4n) is 3.65. The van der Waals surface area contributed by atoms with E-state index in [2.05, 4.69) is 10.6 Å². The number of hydrogen-bond donors (Lipinski definition) is 3. The SMILES string of the molecule is O=C1CNC(N2C(=O)c3ccc(C(=O)N4CCN(C(=O)O)CC4)cc3C2=O)C(=O)N1. The fraction of sp³-hybridized carbons (Fsp3) is 0.333. The quantitative estimate of drug-likeness (QED) is 0.482. The van der Waals surface area contributed by atoms with Gasteiger partial charge in [0.2, 0.25) is 5.91 Å². The average Bonchev–Trinajstić information content (AvgIpc) is 2.98. The molecule has 3 aliphatic heterocycles. The van der Waals surface area contributed by atoms with Gasteiger partial charge in [-0.15, -0.1) is 0 Å². The summed E-state index contributed by atoms with van der Waals surface area (Å²) in [5.74, 6) is -3.22. The van der Waals surface area contributed by atoms with Crippen LogP contribution >= 0.6 is 0 Å². The Morgan fingerprint density at radius 3 is 2.20 bits per heavy atom. The molecule has 0 aliphatic carbocycles. The first kappa shape index (κ1) is 19.5. The summed E-state index contributed by atoms with van der Waals surface area (Å²) in [6.07, 6.45) is -2.37. The van der Waals surface area contributed by atoms with E-state index in [1.165, 1.54) is 28.0 Å². The Morgan fingerprint density at radius 2 is 1.57 bits per heavy atom. The van der Waals surface area contributed by atoms with E-state index in [1.54, 1.807) is 0 Å². The van der Waals surface area contributed by atoms with E-state index in [0.29, 0.717) is 0 Å². The molecule has 1 atom stereocenters. The van der Waals surface area contributed by atoms with Crippen LogP contribution in [0.4, 0.5) is 4.79 Å². The summed E-state index contributed by atoms with van der Waals surface area (Å²) in [5.41, 5.74) is 0.219. The van der Waals surface area contributed by atoms with Crippen LogP contribution in [-0.2, 0) is 9.59 Å². The first-order valence-corrected chi connectivity index (χ1v) is 9.14. The second kappa shape index (κ2) is 7.22. The molecule has 1 aromatic carbocycles. The van der Waals surface area contributed by atoms with Crippen molar-refractivity contribution in [3.05, 3.63) is 34.9 Å². The number of benzene rings is 1. The average molecular weight is 415 g/mol. The molecule has 1 unspecified atom stereocenters. The molecule has 12 heteroatoms. The van der Waals surface area contributed by atoms with Crippen LogP contribution in [0.25, 0.3) is 0 Å². The molecule has 0 aromatic heterocycles. The van der Waals surface area contributed by atoms with Crippen LogP contribution in [0, 0.1) is 0 Å². The summed E-state index contributed by atoms with van der Waals surface area (Å²) in [4.78, 5) is 76.0. The molecule has 12 nitrogen and oxygen atoms in total. The van der Waals surface area contributed by atoms with Gasteiger partial charge >= 0.3 is 6.09 Å². The van der Waals surface area contributed by atoms with Gasteiger partial charge in [0.1, 0.15) is 0 Å². The first-order chi connectivity index (χ1) is 14.3. The smallest absolute Gasteiger partial charge is 0.407 e. The van der Waals surface area contributed by atoms with E-state index in [1.807, 2.05) is 0 Å². The molecular weight excluding hydrogens is 398 g/mol. The summed E-state index contributed by atoms with van der Waals surface area (Å²) in [6, 6.07) is 4.06. The van der Waals surface area contributed by atoms with Gasteiger partial charge in [-0.1, -0.05) is 0 Å². The standard InChI is InChI=1S/C18H17N5O7/c24-12-8-19-13(14(25)20-12)23-16(27)10-2-1-9(7-11(10)17(23)28)15(26)21-3-5-22(6-4-21)18(29)30/h1-2,7,13,19H,3-6,8H2,(H,29,30)(H,20,24,25). The van der Waals surface area contributed by atoms with Crippen LogP contribution < -0.4 is 10.6 Å². The highest BCUT2D eigenvalue weighted by Crippen LogP contribution is 2.26. The second-order valence-corrected chi connectivity index (χ2v) is 7.00. The Kier molecular flexibility index (Phi) is 4.70. The number of hydrogen-bond acceptors (Lipinski definition) is 7. The highest BCUT2D eigenvalue weighted by atomic mass is 16.4. The van der Waals surface area contributed by atoms with E-state index in [0.717, 1.165) is 4.90 Å². The number of carboxylic acid groups (broad SMARTS) is 1. The largest absolute Gasteiger partial charge is 0.465 e. The molecule has 4 rings (SSSR count). The van der Waals surface area contributed by atoms with Crippen molar-refractivity contribution in [1.82, 2.24) is 25.3 Å². The zero-order valence-corrected chi connectivity index (χ0v) is 15.6. The van der Waals surface area contributed by atoms with Gasteiger partial charge in [-0.05, 0) is 18.2 Å². The van der Waals surface area contributed by atoms with Gasteiger partial charge in [-0.2, -0.15) is 0 Å². The van der Waals surface area contributed by atoms with E-state index in [-0.39, 0.29) is 55.3 Å². The minimum absolute atomic E-state index is 0.0125. The van der Waals surface area contributed by atoms with Crippen molar-refractivity contribution < 1.29 is 33.9 Å². The molecule has 6 amide bonds. The lowest BCUT2D eigenvalue weighted by molar-refractivity contribution is -0.136. The van der Waals surface area contributed by atoms with Gasteiger partial charge < -0.3 is 14.9 Å². The highest BCUT2D eigenvalue weighted by molar-refractivity contribution is 6.24. The maximum atomic E-state index is 12.8. The predicted molar refractivity (Wildman–Crippen MR) is 97.4 cm³/mol. The zero-order valence-electron chi connectivity index (χ0n) is 15.6. The van der Waals surface area contributed by atoms with Gasteiger partial charge in [0.05, 0.1) is 17.7 Å². The van der Waals surface area contributed by atoms with Crippen LogP contribution in [0.3, 0.4) is 0 Å². The molecule has 3 N–H and O–H groups in total. The summed E-state index contributed by atoms with van der Waals surface area (Å²) >= 11 is 0. The molecule has 3 heterocycles. The Balaban J connectivity index is 1.54. The lowest BCUT2D eigenvalue weighted by Gasteiger charge is -2.33. The van der Waals surface area contributed by atoms with E-state index < -0.39 is 35.9 Å². The summed E-state index contributed by atoms with van der Waals surface area (Å²) in [5, 5.41) is 13.6. The van der Waals surface area contributed by atoms with Gasteiger partial charge in [0.25, 0.3) is 23.6 Å². The number of carbonyl (C=O) groups excluding carboxylic acids is 5. The molecule has 1 aromatic rings. The fourth-order valence-corrected chi connectivity index (χ4v) is 3.65. The summed E-state index contributed by atoms with van der Waals surface area (Å²) in [7, 11) is 0. The van der Waals surface area contributed by atoms with E-state index in [9.17, 15) is 28.8 Å². The van der Waals surface area contributed by atoms with E-state index in [4.69, 9.17) is 5.11 Å². The monoisotopic (exact) mass is 415 g/mol. The normalized spacial score (nSPS) is 21.6. The van der Waals surface area contributed by atoms with Crippen LogP contribution in [0.15, 0.2) is 18.2 Å². The molecule has 0 spiro atoms. The van der Waals surface area contributed by atoms with Crippen molar-refractivity contribution in [3.63, 3.8) is 0 Å². The molecular formula is C18H17N5O7. The molecule has 2 fully saturated rings. The van der Waals surface area contributed by atoms with Crippen molar-refractivity contribution in [2.24, 2.45) is 0 Å². The molecule has 0 radical (unpaired) electrons. The third-order valence-corrected chi connectivity index (χ3v) is 5.23. The zero-order chi connectivity index (χ0) is 21.6.